The highest BCUT2D eigenvalue weighted by Gasteiger charge is 2.39. The molecule has 0 unspecified atom stereocenters. The largest absolute Gasteiger partial charge is 0.297 e. The lowest BCUT2D eigenvalue weighted by Crippen LogP contribution is -2.39. The van der Waals surface area contributed by atoms with E-state index < -0.39 is 5.82 Å². The predicted molar refractivity (Wildman–Crippen MR) is 79.6 cm³/mol. The van der Waals surface area contributed by atoms with E-state index in [9.17, 15) is 9.65 Å². The van der Waals surface area contributed by atoms with Crippen LogP contribution in [0.3, 0.4) is 0 Å². The van der Waals surface area contributed by atoms with Crippen LogP contribution in [0, 0.1) is 23.1 Å². The van der Waals surface area contributed by atoms with E-state index in [-0.39, 0.29) is 22.4 Å². The normalized spacial score (nSPS) is 23.9. The van der Waals surface area contributed by atoms with Gasteiger partial charge in [0.25, 0.3) is 0 Å². The van der Waals surface area contributed by atoms with Crippen molar-refractivity contribution in [2.24, 2.45) is 5.92 Å². The molecule has 0 amide bonds. The number of halogens is 3. The van der Waals surface area contributed by atoms with Crippen LogP contribution in [-0.4, -0.2) is 23.5 Å². The first-order chi connectivity index (χ1) is 9.24. The van der Waals surface area contributed by atoms with Crippen molar-refractivity contribution >= 4 is 23.2 Å². The van der Waals surface area contributed by atoms with Crippen molar-refractivity contribution < 1.29 is 4.39 Å². The quantitative estimate of drug-likeness (QED) is 0.715. The minimum atomic E-state index is -0.461. The monoisotopic (exact) mass is 314 g/mol. The van der Waals surface area contributed by atoms with Gasteiger partial charge in [0, 0.05) is 29.6 Å². The average Bonchev–Trinajstić information content (AvgIpc) is 2.77. The lowest BCUT2D eigenvalue weighted by molar-refractivity contribution is 0.170. The van der Waals surface area contributed by atoms with Gasteiger partial charge in [-0.15, -0.1) is 0 Å². The van der Waals surface area contributed by atoms with Gasteiger partial charge in [-0.25, -0.2) is 4.39 Å². The molecule has 0 bridgehead atoms. The van der Waals surface area contributed by atoms with Gasteiger partial charge in [0.05, 0.1) is 17.0 Å². The van der Waals surface area contributed by atoms with Crippen molar-refractivity contribution in [3.05, 3.63) is 33.6 Å². The van der Waals surface area contributed by atoms with Crippen LogP contribution in [0.2, 0.25) is 10.0 Å². The lowest BCUT2D eigenvalue weighted by atomic mass is 9.89. The molecule has 1 aromatic rings. The maximum absolute atomic E-state index is 14.2. The molecule has 108 valence electrons. The third-order valence-electron chi connectivity index (χ3n) is 3.85. The van der Waals surface area contributed by atoms with Crippen LogP contribution in [0.4, 0.5) is 4.39 Å². The van der Waals surface area contributed by atoms with E-state index in [0.29, 0.717) is 23.7 Å². The zero-order valence-corrected chi connectivity index (χ0v) is 13.3. The highest BCUT2D eigenvalue weighted by Crippen LogP contribution is 2.39. The smallest absolute Gasteiger partial charge is 0.145 e. The molecule has 2 nitrogen and oxygen atoms in total. The van der Waals surface area contributed by atoms with Gasteiger partial charge in [-0.2, -0.15) is 5.26 Å². The number of rotatable bonds is 1. The van der Waals surface area contributed by atoms with Crippen molar-refractivity contribution in [1.82, 2.24) is 4.90 Å². The van der Waals surface area contributed by atoms with E-state index >= 15 is 0 Å². The first-order valence-corrected chi connectivity index (χ1v) is 7.28. The average molecular weight is 315 g/mol. The Kier molecular flexibility index (Phi) is 4.30. The fourth-order valence-corrected chi connectivity index (χ4v) is 3.15. The Morgan fingerprint density at radius 2 is 1.95 bits per heavy atom. The lowest BCUT2D eigenvalue weighted by Gasteiger charge is -2.31. The third-order valence-corrected chi connectivity index (χ3v) is 4.35. The minimum absolute atomic E-state index is 0.0124. The number of nitriles is 1. The van der Waals surface area contributed by atoms with Gasteiger partial charge in [-0.05, 0) is 38.5 Å². The molecule has 0 radical (unpaired) electrons. The van der Waals surface area contributed by atoms with Gasteiger partial charge in [-0.1, -0.05) is 23.2 Å². The van der Waals surface area contributed by atoms with E-state index in [1.165, 1.54) is 6.07 Å². The SMILES string of the molecule is CC(C)(C)N1C[C@H](c2cc(Cl)cc(Cl)c2F)[C@@H](C#N)C1. The van der Waals surface area contributed by atoms with Crippen molar-refractivity contribution in [3.8, 4) is 6.07 Å². The molecular formula is C15H17Cl2FN2. The van der Waals surface area contributed by atoms with Crippen LogP contribution in [0.25, 0.3) is 0 Å². The van der Waals surface area contributed by atoms with Crippen LogP contribution < -0.4 is 0 Å². The van der Waals surface area contributed by atoms with E-state index in [4.69, 9.17) is 23.2 Å². The Morgan fingerprint density at radius 3 is 2.50 bits per heavy atom. The summed E-state index contributed by atoms with van der Waals surface area (Å²) in [5, 5.41) is 9.76. The summed E-state index contributed by atoms with van der Waals surface area (Å²) in [7, 11) is 0. The summed E-state index contributed by atoms with van der Waals surface area (Å²) < 4.78 is 14.2. The summed E-state index contributed by atoms with van der Waals surface area (Å²) in [6.07, 6.45) is 0. The molecule has 2 rings (SSSR count). The zero-order chi connectivity index (χ0) is 15.1. The molecule has 1 aromatic carbocycles. The van der Waals surface area contributed by atoms with E-state index in [1.807, 2.05) is 0 Å². The predicted octanol–water partition coefficient (Wildman–Crippen LogP) is 4.47. The Labute approximate surface area is 129 Å². The van der Waals surface area contributed by atoms with Crippen molar-refractivity contribution in [2.75, 3.05) is 13.1 Å². The van der Waals surface area contributed by atoms with Crippen LogP contribution in [0.1, 0.15) is 32.3 Å². The topological polar surface area (TPSA) is 27.0 Å². The highest BCUT2D eigenvalue weighted by molar-refractivity contribution is 6.34. The molecule has 1 heterocycles. The Hall–Kier alpha value is -0.820. The van der Waals surface area contributed by atoms with Gasteiger partial charge < -0.3 is 0 Å². The van der Waals surface area contributed by atoms with Crippen molar-refractivity contribution in [1.29, 1.82) is 5.26 Å². The van der Waals surface area contributed by atoms with Crippen molar-refractivity contribution in [3.63, 3.8) is 0 Å². The number of hydrogen-bond acceptors (Lipinski definition) is 2. The molecule has 0 spiro atoms. The molecule has 0 N–H and O–H groups in total. The molecule has 2 atom stereocenters. The highest BCUT2D eigenvalue weighted by atomic mass is 35.5. The van der Waals surface area contributed by atoms with Crippen molar-refractivity contribution in [2.45, 2.75) is 32.2 Å². The Bertz CT molecular complexity index is 560. The molecule has 1 aliphatic rings. The minimum Gasteiger partial charge on any atom is -0.297 e. The summed E-state index contributed by atoms with van der Waals surface area (Å²) in [5.41, 5.74) is 0.392. The molecule has 0 aliphatic carbocycles. The number of benzene rings is 1. The molecule has 1 aliphatic heterocycles. The molecule has 1 saturated heterocycles. The number of nitrogens with zero attached hydrogens (tertiary/aromatic N) is 2. The summed E-state index contributed by atoms with van der Waals surface area (Å²) in [5.74, 6) is -0.911. The molecule has 20 heavy (non-hydrogen) atoms. The van der Waals surface area contributed by atoms with E-state index in [1.54, 1.807) is 6.07 Å². The summed E-state index contributed by atoms with van der Waals surface area (Å²) in [6.45, 7) is 7.53. The summed E-state index contributed by atoms with van der Waals surface area (Å²) in [4.78, 5) is 2.19. The number of likely N-dealkylation sites (tertiary alicyclic amines) is 1. The number of hydrogen-bond donors (Lipinski definition) is 0. The van der Waals surface area contributed by atoms with Crippen LogP contribution in [0.15, 0.2) is 12.1 Å². The second kappa shape index (κ2) is 5.52. The van der Waals surface area contributed by atoms with Gasteiger partial charge >= 0.3 is 0 Å². The summed E-state index contributed by atoms with van der Waals surface area (Å²) in [6, 6.07) is 5.26. The molecule has 5 heteroatoms. The van der Waals surface area contributed by atoms with Crippen LogP contribution >= 0.6 is 23.2 Å². The van der Waals surface area contributed by atoms with Gasteiger partial charge in [0.1, 0.15) is 5.82 Å². The van der Waals surface area contributed by atoms with Gasteiger partial charge in [0.2, 0.25) is 0 Å². The first-order valence-electron chi connectivity index (χ1n) is 6.53. The fraction of sp³-hybridized carbons (Fsp3) is 0.533. The van der Waals surface area contributed by atoms with Gasteiger partial charge in [0.15, 0.2) is 0 Å². The second-order valence-corrected chi connectivity index (χ2v) is 7.05. The third kappa shape index (κ3) is 2.93. The maximum Gasteiger partial charge on any atom is 0.145 e. The fourth-order valence-electron chi connectivity index (χ4n) is 2.64. The van der Waals surface area contributed by atoms with E-state index in [0.717, 1.165) is 0 Å². The first kappa shape index (κ1) is 15.6. The molecule has 0 saturated carbocycles. The molecule has 1 fully saturated rings. The Balaban J connectivity index is 2.40. The maximum atomic E-state index is 14.2. The van der Waals surface area contributed by atoms with Crippen LogP contribution in [-0.2, 0) is 0 Å². The van der Waals surface area contributed by atoms with E-state index in [2.05, 4.69) is 31.7 Å². The second-order valence-electron chi connectivity index (χ2n) is 6.21. The molecule has 0 aromatic heterocycles. The Morgan fingerprint density at radius 1 is 1.30 bits per heavy atom. The summed E-state index contributed by atoms with van der Waals surface area (Å²) >= 11 is 11.8. The zero-order valence-electron chi connectivity index (χ0n) is 11.8. The standard InChI is InChI=1S/C15H17Cl2FN2/c1-15(2,3)20-7-9(6-19)12(8-20)11-4-10(16)5-13(17)14(11)18/h4-5,9,12H,7-8H2,1-3H3/t9-,12-/m0/s1. The molecular weight excluding hydrogens is 298 g/mol. The van der Waals surface area contributed by atoms with Gasteiger partial charge in [-0.3, -0.25) is 4.90 Å². The van der Waals surface area contributed by atoms with Crippen LogP contribution in [0.5, 0.6) is 0 Å².